The highest BCUT2D eigenvalue weighted by Gasteiger charge is 2.18. The minimum atomic E-state index is -0.711. The van der Waals surface area contributed by atoms with E-state index in [0.29, 0.717) is 25.3 Å². The molecule has 6 heteroatoms. The summed E-state index contributed by atoms with van der Waals surface area (Å²) < 4.78 is 17.8. The lowest BCUT2D eigenvalue weighted by molar-refractivity contribution is -0.106. The number of aromatic nitrogens is 1. The molecule has 1 heterocycles. The maximum absolute atomic E-state index is 13.1. The van der Waals surface area contributed by atoms with Gasteiger partial charge in [0.1, 0.15) is 0 Å². The van der Waals surface area contributed by atoms with Gasteiger partial charge in [-0.05, 0) is 42.6 Å². The van der Waals surface area contributed by atoms with Crippen LogP contribution >= 0.6 is 0 Å². The van der Waals surface area contributed by atoms with E-state index in [4.69, 9.17) is 14.2 Å². The van der Waals surface area contributed by atoms with E-state index < -0.39 is 6.29 Å². The van der Waals surface area contributed by atoms with Crippen molar-refractivity contribution in [2.45, 2.75) is 19.8 Å². The SMILES string of the molecule is CCOCCn1c(=O)c(C(OC)OC)cc2ccc(Nc3ccccc3)cc21. The fourth-order valence-electron chi connectivity index (χ4n) is 3.20. The van der Waals surface area contributed by atoms with Crippen molar-refractivity contribution >= 4 is 22.3 Å². The van der Waals surface area contributed by atoms with Gasteiger partial charge < -0.3 is 24.1 Å². The zero-order valence-electron chi connectivity index (χ0n) is 16.5. The summed E-state index contributed by atoms with van der Waals surface area (Å²) in [6.07, 6.45) is -0.711. The van der Waals surface area contributed by atoms with E-state index in [9.17, 15) is 4.79 Å². The van der Waals surface area contributed by atoms with Gasteiger partial charge in [0.15, 0.2) is 6.29 Å². The number of ether oxygens (including phenoxy) is 3. The van der Waals surface area contributed by atoms with Crippen LogP contribution in [-0.2, 0) is 20.8 Å². The van der Waals surface area contributed by atoms with Crippen molar-refractivity contribution < 1.29 is 14.2 Å². The molecule has 0 bridgehead atoms. The maximum Gasteiger partial charge on any atom is 0.259 e. The summed E-state index contributed by atoms with van der Waals surface area (Å²) in [6.45, 7) is 3.44. The number of pyridine rings is 1. The summed E-state index contributed by atoms with van der Waals surface area (Å²) in [5.41, 5.74) is 3.06. The topological polar surface area (TPSA) is 61.7 Å². The molecule has 3 rings (SSSR count). The summed E-state index contributed by atoms with van der Waals surface area (Å²) in [7, 11) is 3.05. The van der Waals surface area contributed by atoms with Crippen LogP contribution in [0.3, 0.4) is 0 Å². The number of para-hydroxylation sites is 1. The van der Waals surface area contributed by atoms with Crippen LogP contribution in [0.25, 0.3) is 10.9 Å². The van der Waals surface area contributed by atoms with Gasteiger partial charge in [-0.1, -0.05) is 24.3 Å². The Balaban J connectivity index is 2.08. The van der Waals surface area contributed by atoms with E-state index in [2.05, 4.69) is 5.32 Å². The molecule has 0 saturated heterocycles. The molecule has 1 aromatic heterocycles. The Morgan fingerprint density at radius 2 is 1.75 bits per heavy atom. The zero-order chi connectivity index (χ0) is 19.9. The van der Waals surface area contributed by atoms with Crippen LogP contribution in [0.2, 0.25) is 0 Å². The van der Waals surface area contributed by atoms with Gasteiger partial charge in [-0.15, -0.1) is 0 Å². The summed E-state index contributed by atoms with van der Waals surface area (Å²) in [5.74, 6) is 0. The Morgan fingerprint density at radius 3 is 2.43 bits per heavy atom. The largest absolute Gasteiger partial charge is 0.380 e. The Bertz CT molecular complexity index is 965. The second-order valence-electron chi connectivity index (χ2n) is 6.32. The van der Waals surface area contributed by atoms with Gasteiger partial charge in [0.25, 0.3) is 5.56 Å². The summed E-state index contributed by atoms with van der Waals surface area (Å²) in [6, 6.07) is 17.7. The maximum atomic E-state index is 13.1. The molecule has 0 radical (unpaired) electrons. The highest BCUT2D eigenvalue weighted by Crippen LogP contribution is 2.24. The number of fused-ring (bicyclic) bond motifs is 1. The molecule has 0 aliphatic carbocycles. The van der Waals surface area contributed by atoms with E-state index in [1.807, 2.05) is 61.5 Å². The molecule has 6 nitrogen and oxygen atoms in total. The molecule has 0 atom stereocenters. The van der Waals surface area contributed by atoms with Gasteiger partial charge in [0.2, 0.25) is 0 Å². The van der Waals surface area contributed by atoms with Crippen LogP contribution in [0.15, 0.2) is 59.4 Å². The molecule has 0 unspecified atom stereocenters. The lowest BCUT2D eigenvalue weighted by Crippen LogP contribution is -2.28. The number of benzene rings is 2. The number of rotatable bonds is 9. The lowest BCUT2D eigenvalue weighted by atomic mass is 10.1. The number of hydrogen-bond donors (Lipinski definition) is 1. The predicted molar refractivity (Wildman–Crippen MR) is 111 cm³/mol. The number of nitrogens with one attached hydrogen (secondary N) is 1. The first-order chi connectivity index (χ1) is 13.7. The van der Waals surface area contributed by atoms with Crippen molar-refractivity contribution in [3.05, 3.63) is 70.5 Å². The molecule has 0 aliphatic rings. The average molecular weight is 382 g/mol. The minimum absolute atomic E-state index is 0.141. The third kappa shape index (κ3) is 4.42. The van der Waals surface area contributed by atoms with Gasteiger partial charge in [-0.3, -0.25) is 4.79 Å². The van der Waals surface area contributed by atoms with Gasteiger partial charge in [-0.2, -0.15) is 0 Å². The molecular formula is C22H26N2O4. The van der Waals surface area contributed by atoms with E-state index in [0.717, 1.165) is 22.3 Å². The van der Waals surface area contributed by atoms with Crippen LogP contribution in [-0.4, -0.2) is 32.0 Å². The fraction of sp³-hybridized carbons (Fsp3) is 0.318. The van der Waals surface area contributed by atoms with Crippen LogP contribution in [0.4, 0.5) is 11.4 Å². The van der Waals surface area contributed by atoms with Gasteiger partial charge in [-0.25, -0.2) is 0 Å². The zero-order valence-corrected chi connectivity index (χ0v) is 16.5. The smallest absolute Gasteiger partial charge is 0.259 e. The predicted octanol–water partition coefficient (Wildman–Crippen LogP) is 4.07. The first-order valence-electron chi connectivity index (χ1n) is 9.30. The highest BCUT2D eigenvalue weighted by atomic mass is 16.7. The summed E-state index contributed by atoms with van der Waals surface area (Å²) in [4.78, 5) is 13.1. The number of anilines is 2. The van der Waals surface area contributed by atoms with Crippen molar-refractivity contribution in [2.75, 3.05) is 32.8 Å². The standard InChI is InChI=1S/C22H26N2O4/c1-4-28-13-12-24-20-15-18(23-17-8-6-5-7-9-17)11-10-16(20)14-19(21(24)25)22(26-2)27-3/h5-11,14-15,22-23H,4,12-13H2,1-3H3. The van der Waals surface area contributed by atoms with Crippen molar-refractivity contribution in [2.24, 2.45) is 0 Å². The van der Waals surface area contributed by atoms with E-state index in [1.165, 1.54) is 14.2 Å². The quantitative estimate of drug-likeness (QED) is 0.446. The monoisotopic (exact) mass is 382 g/mol. The van der Waals surface area contributed by atoms with E-state index in [1.54, 1.807) is 4.57 Å². The molecule has 0 aliphatic heterocycles. The van der Waals surface area contributed by atoms with Crippen LogP contribution < -0.4 is 10.9 Å². The lowest BCUT2D eigenvalue weighted by Gasteiger charge is -2.18. The normalized spacial score (nSPS) is 11.3. The Morgan fingerprint density at radius 1 is 1.00 bits per heavy atom. The minimum Gasteiger partial charge on any atom is -0.380 e. The fourth-order valence-corrected chi connectivity index (χ4v) is 3.20. The highest BCUT2D eigenvalue weighted by molar-refractivity contribution is 5.84. The van der Waals surface area contributed by atoms with E-state index >= 15 is 0 Å². The van der Waals surface area contributed by atoms with Gasteiger partial charge >= 0.3 is 0 Å². The summed E-state index contributed by atoms with van der Waals surface area (Å²) >= 11 is 0. The molecule has 0 saturated carbocycles. The summed E-state index contributed by atoms with van der Waals surface area (Å²) in [5, 5.41) is 4.31. The van der Waals surface area contributed by atoms with Crippen molar-refractivity contribution in [3.63, 3.8) is 0 Å². The van der Waals surface area contributed by atoms with Crippen molar-refractivity contribution in [1.29, 1.82) is 0 Å². The van der Waals surface area contributed by atoms with Gasteiger partial charge in [0, 0.05) is 38.7 Å². The molecule has 2 aromatic carbocycles. The number of hydrogen-bond acceptors (Lipinski definition) is 5. The average Bonchev–Trinajstić information content (AvgIpc) is 2.72. The molecule has 0 amide bonds. The third-order valence-electron chi connectivity index (χ3n) is 4.53. The molecule has 3 aromatic rings. The molecule has 28 heavy (non-hydrogen) atoms. The second kappa shape index (κ2) is 9.50. The van der Waals surface area contributed by atoms with E-state index in [-0.39, 0.29) is 5.56 Å². The first-order valence-corrected chi connectivity index (χ1v) is 9.30. The number of methoxy groups -OCH3 is 2. The second-order valence-corrected chi connectivity index (χ2v) is 6.32. The Labute approximate surface area is 164 Å². The van der Waals surface area contributed by atoms with Crippen LogP contribution in [0.1, 0.15) is 18.8 Å². The molecule has 0 fully saturated rings. The van der Waals surface area contributed by atoms with Crippen molar-refractivity contribution in [1.82, 2.24) is 4.57 Å². The molecular weight excluding hydrogens is 356 g/mol. The Hall–Kier alpha value is -2.67. The van der Waals surface area contributed by atoms with Crippen molar-refractivity contribution in [3.8, 4) is 0 Å². The third-order valence-corrected chi connectivity index (χ3v) is 4.53. The first kappa shape index (κ1) is 20.1. The van der Waals surface area contributed by atoms with Crippen LogP contribution in [0.5, 0.6) is 0 Å². The van der Waals surface area contributed by atoms with Gasteiger partial charge in [0.05, 0.1) is 17.7 Å². The van der Waals surface area contributed by atoms with Crippen LogP contribution in [0, 0.1) is 0 Å². The molecule has 148 valence electrons. The molecule has 1 N–H and O–H groups in total. The Kier molecular flexibility index (Phi) is 6.81. The molecule has 0 spiro atoms. The number of nitrogens with zero attached hydrogens (tertiary/aromatic N) is 1.